The van der Waals surface area contributed by atoms with Crippen molar-refractivity contribution < 1.29 is 19.5 Å². The Hall–Kier alpha value is -2.37. The summed E-state index contributed by atoms with van der Waals surface area (Å²) in [5, 5.41) is 11.6. The minimum absolute atomic E-state index is 0.0185. The first-order valence-electron chi connectivity index (χ1n) is 6.79. The molecule has 0 spiro atoms. The standard InChI is InChI=1S/C15H18N2O4/c1-9(16-10(2)18)15(21)17-8-11(7-14(19)20)12-5-3-4-6-13(12)17/h3-6,9,11H,7-8H2,1-2H3,(H,16,18)(H,19,20). The summed E-state index contributed by atoms with van der Waals surface area (Å²) in [4.78, 5) is 36.0. The predicted molar refractivity (Wildman–Crippen MR) is 77.1 cm³/mol. The normalized spacial score (nSPS) is 18.0. The average molecular weight is 290 g/mol. The number of nitrogens with zero attached hydrogens (tertiary/aromatic N) is 1. The van der Waals surface area contributed by atoms with Gasteiger partial charge in [0.25, 0.3) is 0 Å². The van der Waals surface area contributed by atoms with E-state index < -0.39 is 12.0 Å². The van der Waals surface area contributed by atoms with E-state index in [0.717, 1.165) is 11.3 Å². The van der Waals surface area contributed by atoms with Gasteiger partial charge in [-0.2, -0.15) is 0 Å². The first-order valence-corrected chi connectivity index (χ1v) is 6.79. The van der Waals surface area contributed by atoms with Gasteiger partial charge in [-0.1, -0.05) is 18.2 Å². The molecular formula is C15H18N2O4. The number of carboxylic acid groups (broad SMARTS) is 1. The molecule has 2 rings (SSSR count). The molecule has 1 heterocycles. The topological polar surface area (TPSA) is 86.7 Å². The Bertz CT molecular complexity index is 585. The van der Waals surface area contributed by atoms with E-state index in [9.17, 15) is 14.4 Å². The van der Waals surface area contributed by atoms with E-state index in [0.29, 0.717) is 6.54 Å². The van der Waals surface area contributed by atoms with Crippen LogP contribution in [0.1, 0.15) is 31.7 Å². The minimum Gasteiger partial charge on any atom is -0.481 e. The molecule has 0 aliphatic carbocycles. The highest BCUT2D eigenvalue weighted by molar-refractivity contribution is 6.00. The number of para-hydroxylation sites is 1. The molecule has 21 heavy (non-hydrogen) atoms. The Morgan fingerprint density at radius 1 is 1.38 bits per heavy atom. The lowest BCUT2D eigenvalue weighted by Gasteiger charge is -2.22. The van der Waals surface area contributed by atoms with Gasteiger partial charge in [0.05, 0.1) is 6.42 Å². The number of nitrogens with one attached hydrogen (secondary N) is 1. The van der Waals surface area contributed by atoms with Crippen LogP contribution in [0.3, 0.4) is 0 Å². The molecule has 0 saturated carbocycles. The van der Waals surface area contributed by atoms with Crippen molar-refractivity contribution in [3.8, 4) is 0 Å². The number of carbonyl (C=O) groups is 3. The molecule has 1 aliphatic heterocycles. The molecule has 2 N–H and O–H groups in total. The lowest BCUT2D eigenvalue weighted by atomic mass is 9.98. The lowest BCUT2D eigenvalue weighted by molar-refractivity contribution is -0.137. The van der Waals surface area contributed by atoms with Crippen molar-refractivity contribution in [2.45, 2.75) is 32.2 Å². The van der Waals surface area contributed by atoms with E-state index in [4.69, 9.17) is 5.11 Å². The van der Waals surface area contributed by atoms with Gasteiger partial charge in [-0.15, -0.1) is 0 Å². The van der Waals surface area contributed by atoms with Crippen LogP contribution in [-0.2, 0) is 14.4 Å². The fraction of sp³-hybridized carbons (Fsp3) is 0.400. The number of hydrogen-bond acceptors (Lipinski definition) is 3. The molecule has 6 nitrogen and oxygen atoms in total. The Morgan fingerprint density at radius 2 is 2.05 bits per heavy atom. The van der Waals surface area contributed by atoms with Crippen molar-refractivity contribution in [3.05, 3.63) is 29.8 Å². The molecule has 0 aromatic heterocycles. The largest absolute Gasteiger partial charge is 0.481 e. The molecule has 0 radical (unpaired) electrons. The molecule has 6 heteroatoms. The maximum absolute atomic E-state index is 12.4. The van der Waals surface area contributed by atoms with Gasteiger partial charge in [0, 0.05) is 25.1 Å². The third kappa shape index (κ3) is 3.21. The van der Waals surface area contributed by atoms with Crippen molar-refractivity contribution in [3.63, 3.8) is 0 Å². The number of rotatable bonds is 4. The molecule has 2 unspecified atom stereocenters. The van der Waals surface area contributed by atoms with Crippen molar-refractivity contribution in [2.75, 3.05) is 11.4 Å². The maximum atomic E-state index is 12.4. The molecule has 1 aromatic carbocycles. The molecule has 2 amide bonds. The summed E-state index contributed by atoms with van der Waals surface area (Å²) in [6.07, 6.45) is -0.0185. The zero-order valence-corrected chi connectivity index (χ0v) is 12.0. The quantitative estimate of drug-likeness (QED) is 0.870. The Labute approximate surface area is 122 Å². The predicted octanol–water partition coefficient (Wildman–Crippen LogP) is 1.12. The van der Waals surface area contributed by atoms with Crippen LogP contribution in [0, 0.1) is 0 Å². The second-order valence-electron chi connectivity index (χ2n) is 5.22. The molecule has 112 valence electrons. The highest BCUT2D eigenvalue weighted by Crippen LogP contribution is 2.38. The van der Waals surface area contributed by atoms with E-state index in [2.05, 4.69) is 5.32 Å². The number of carboxylic acids is 1. The smallest absolute Gasteiger partial charge is 0.304 e. The molecule has 0 fully saturated rings. The SMILES string of the molecule is CC(=O)NC(C)C(=O)N1CC(CC(=O)O)c2ccccc21. The van der Waals surface area contributed by atoms with Gasteiger partial charge >= 0.3 is 5.97 Å². The zero-order chi connectivity index (χ0) is 15.6. The highest BCUT2D eigenvalue weighted by atomic mass is 16.4. The lowest BCUT2D eigenvalue weighted by Crippen LogP contribution is -2.46. The summed E-state index contributed by atoms with van der Waals surface area (Å²) in [6, 6.07) is 6.65. The van der Waals surface area contributed by atoms with Gasteiger partial charge in [-0.25, -0.2) is 0 Å². The van der Waals surface area contributed by atoms with E-state index in [1.807, 2.05) is 18.2 Å². The van der Waals surface area contributed by atoms with Crippen molar-refractivity contribution in [1.29, 1.82) is 0 Å². The zero-order valence-electron chi connectivity index (χ0n) is 12.0. The summed E-state index contributed by atoms with van der Waals surface area (Å²) in [5.74, 6) is -1.61. The number of fused-ring (bicyclic) bond motifs is 1. The Morgan fingerprint density at radius 3 is 2.67 bits per heavy atom. The average Bonchev–Trinajstić information content (AvgIpc) is 2.75. The summed E-state index contributed by atoms with van der Waals surface area (Å²) >= 11 is 0. The molecular weight excluding hydrogens is 272 g/mol. The third-order valence-corrected chi connectivity index (χ3v) is 3.55. The number of aliphatic carboxylic acids is 1. The number of hydrogen-bond donors (Lipinski definition) is 2. The molecule has 0 bridgehead atoms. The third-order valence-electron chi connectivity index (χ3n) is 3.55. The van der Waals surface area contributed by atoms with Crippen molar-refractivity contribution in [1.82, 2.24) is 5.32 Å². The van der Waals surface area contributed by atoms with Gasteiger partial charge in [0.1, 0.15) is 6.04 Å². The van der Waals surface area contributed by atoms with Crippen LogP contribution < -0.4 is 10.2 Å². The van der Waals surface area contributed by atoms with Crippen LogP contribution in [0.2, 0.25) is 0 Å². The van der Waals surface area contributed by atoms with Crippen molar-refractivity contribution >= 4 is 23.5 Å². The fourth-order valence-electron chi connectivity index (χ4n) is 2.69. The van der Waals surface area contributed by atoms with Crippen LogP contribution in [0.5, 0.6) is 0 Å². The molecule has 0 saturated heterocycles. The van der Waals surface area contributed by atoms with E-state index in [-0.39, 0.29) is 24.2 Å². The van der Waals surface area contributed by atoms with Crippen LogP contribution in [0.25, 0.3) is 0 Å². The first kappa shape index (κ1) is 15.0. The van der Waals surface area contributed by atoms with Gasteiger partial charge < -0.3 is 15.3 Å². The van der Waals surface area contributed by atoms with Gasteiger partial charge in [0.2, 0.25) is 11.8 Å². The first-order chi connectivity index (χ1) is 9.90. The number of benzene rings is 1. The van der Waals surface area contributed by atoms with Crippen LogP contribution in [-0.4, -0.2) is 35.5 Å². The Balaban J connectivity index is 2.24. The summed E-state index contributed by atoms with van der Waals surface area (Å²) in [6.45, 7) is 3.31. The van der Waals surface area contributed by atoms with Gasteiger partial charge in [-0.3, -0.25) is 14.4 Å². The van der Waals surface area contributed by atoms with E-state index in [1.54, 1.807) is 17.9 Å². The summed E-state index contributed by atoms with van der Waals surface area (Å²) < 4.78 is 0. The number of amides is 2. The number of anilines is 1. The van der Waals surface area contributed by atoms with Crippen LogP contribution >= 0.6 is 0 Å². The molecule has 1 aromatic rings. The van der Waals surface area contributed by atoms with Gasteiger partial charge in [-0.05, 0) is 18.6 Å². The van der Waals surface area contributed by atoms with Crippen molar-refractivity contribution in [2.24, 2.45) is 0 Å². The molecule has 2 atom stereocenters. The van der Waals surface area contributed by atoms with E-state index in [1.165, 1.54) is 6.92 Å². The summed E-state index contributed by atoms with van der Waals surface area (Å²) in [5.41, 5.74) is 1.59. The second kappa shape index (κ2) is 5.95. The highest BCUT2D eigenvalue weighted by Gasteiger charge is 2.35. The number of carbonyl (C=O) groups excluding carboxylic acids is 2. The van der Waals surface area contributed by atoms with Gasteiger partial charge in [0.15, 0.2) is 0 Å². The Kier molecular flexibility index (Phi) is 4.26. The maximum Gasteiger partial charge on any atom is 0.304 e. The molecule has 1 aliphatic rings. The minimum atomic E-state index is -0.890. The second-order valence-corrected chi connectivity index (χ2v) is 5.22. The van der Waals surface area contributed by atoms with Crippen LogP contribution in [0.4, 0.5) is 5.69 Å². The van der Waals surface area contributed by atoms with Crippen LogP contribution in [0.15, 0.2) is 24.3 Å². The van der Waals surface area contributed by atoms with E-state index >= 15 is 0 Å². The monoisotopic (exact) mass is 290 g/mol. The fourth-order valence-corrected chi connectivity index (χ4v) is 2.69. The summed E-state index contributed by atoms with van der Waals surface area (Å²) in [7, 11) is 0.